The number of nitrogens with two attached hydrogens (primary N) is 2. The van der Waals surface area contributed by atoms with Gasteiger partial charge in [0.15, 0.2) is 0 Å². The Labute approximate surface area is 165 Å². The van der Waals surface area contributed by atoms with Crippen LogP contribution < -0.4 is 17.1 Å². The molecule has 0 atom stereocenters. The van der Waals surface area contributed by atoms with E-state index in [-0.39, 0.29) is 11.2 Å². The van der Waals surface area contributed by atoms with Crippen molar-refractivity contribution in [3.05, 3.63) is 29.4 Å². The van der Waals surface area contributed by atoms with Gasteiger partial charge in [-0.05, 0) is 43.6 Å². The van der Waals surface area contributed by atoms with Gasteiger partial charge in [-0.1, -0.05) is 0 Å². The summed E-state index contributed by atoms with van der Waals surface area (Å²) in [6, 6.07) is 0. The number of nitrogen functional groups attached to an aromatic ring is 2. The Morgan fingerprint density at radius 3 is 1.69 bits per heavy atom. The SMILES string of the molecule is CC1(C)OB(c2cnc(N)cn2)OC1(C)C.Nc1cnc(Br)cn1.[B][B-]. The minimum absolute atomic E-state index is 0.360. The Balaban J connectivity index is 0.000000284. The van der Waals surface area contributed by atoms with Crippen LogP contribution >= 0.6 is 15.9 Å². The molecule has 0 aromatic carbocycles. The first-order valence-corrected chi connectivity index (χ1v) is 8.39. The fourth-order valence-electron chi connectivity index (χ4n) is 1.76. The van der Waals surface area contributed by atoms with Crippen molar-refractivity contribution in [1.29, 1.82) is 0 Å². The number of halogens is 1. The predicted molar refractivity (Wildman–Crippen MR) is 108 cm³/mol. The van der Waals surface area contributed by atoms with E-state index in [1.807, 2.05) is 27.7 Å². The van der Waals surface area contributed by atoms with E-state index in [0.717, 1.165) is 0 Å². The first-order chi connectivity index (χ1) is 12.1. The van der Waals surface area contributed by atoms with Crippen LogP contribution in [0.1, 0.15) is 27.7 Å². The molecule has 3 heterocycles. The van der Waals surface area contributed by atoms with E-state index in [1.165, 1.54) is 12.4 Å². The van der Waals surface area contributed by atoms with Crippen LogP contribution in [-0.2, 0) is 9.31 Å². The molecule has 0 saturated carbocycles. The molecule has 0 unspecified atom stereocenters. The first-order valence-electron chi connectivity index (χ1n) is 7.60. The van der Waals surface area contributed by atoms with Crippen LogP contribution in [0.3, 0.4) is 0 Å². The van der Waals surface area contributed by atoms with Crippen molar-refractivity contribution >= 4 is 55.8 Å². The normalized spacial score (nSPS) is 16.8. The molecule has 2 aromatic heterocycles. The maximum Gasteiger partial charge on any atom is 0.516 e. The second-order valence-electron chi connectivity index (χ2n) is 6.22. The average molecular weight is 417 g/mol. The molecule has 12 heteroatoms. The summed E-state index contributed by atoms with van der Waals surface area (Å²) in [5.74, 6) is 0.827. The molecule has 5 radical (unpaired) electrons. The second kappa shape index (κ2) is 9.34. The van der Waals surface area contributed by atoms with E-state index in [1.54, 1.807) is 12.4 Å². The molecule has 0 aliphatic carbocycles. The fourth-order valence-corrected chi connectivity index (χ4v) is 1.96. The maximum absolute atomic E-state index is 5.82. The van der Waals surface area contributed by atoms with E-state index in [2.05, 4.69) is 51.3 Å². The largest absolute Gasteiger partial charge is 0.693 e. The molecular weight excluding hydrogens is 397 g/mol. The standard InChI is InChI=1S/C10H16BN3O2.C4H4BrN3.B2/c1-9(2)10(3,4)16-11(15-9)7-5-14-8(12)6-13-7;5-3-1-8-4(6)2-7-3;1-2/h5-6H,1-4H3,(H2,12,14);1-2H,(H2,6,8);/q;;-1. The lowest BCUT2D eigenvalue weighted by Crippen LogP contribution is -2.41. The third-order valence-corrected chi connectivity index (χ3v) is 4.24. The number of nitrogens with zero attached hydrogens (tertiary/aromatic N) is 4. The van der Waals surface area contributed by atoms with Crippen LogP contribution in [0.15, 0.2) is 29.4 Å². The molecule has 1 aliphatic rings. The van der Waals surface area contributed by atoms with E-state index in [9.17, 15) is 0 Å². The smallest absolute Gasteiger partial charge is 0.516 e. The molecule has 2 aromatic rings. The first kappa shape index (κ1) is 22.4. The van der Waals surface area contributed by atoms with Gasteiger partial charge >= 0.3 is 7.12 Å². The lowest BCUT2D eigenvalue weighted by atomic mass is 9.81. The molecule has 8 nitrogen and oxygen atoms in total. The van der Waals surface area contributed by atoms with Gasteiger partial charge in [0.05, 0.1) is 35.4 Å². The van der Waals surface area contributed by atoms with E-state index in [0.29, 0.717) is 21.8 Å². The third kappa shape index (κ3) is 5.96. The van der Waals surface area contributed by atoms with Gasteiger partial charge in [0.25, 0.3) is 0 Å². The highest BCUT2D eigenvalue weighted by Gasteiger charge is 2.52. The number of aromatic nitrogens is 4. The van der Waals surface area contributed by atoms with Crippen molar-refractivity contribution in [1.82, 2.24) is 19.9 Å². The highest BCUT2D eigenvalue weighted by Crippen LogP contribution is 2.36. The van der Waals surface area contributed by atoms with Gasteiger partial charge in [0.2, 0.25) is 0 Å². The summed E-state index contributed by atoms with van der Waals surface area (Å²) >= 11 is 3.12. The molecule has 1 aliphatic heterocycles. The van der Waals surface area contributed by atoms with Crippen molar-refractivity contribution in [3.8, 4) is 0 Å². The topological polar surface area (TPSA) is 122 Å². The summed E-state index contributed by atoms with van der Waals surface area (Å²) in [7, 11) is 7.53. The zero-order valence-corrected chi connectivity index (χ0v) is 16.8. The van der Waals surface area contributed by atoms with Crippen molar-refractivity contribution < 1.29 is 9.31 Å². The minimum atomic E-state index is -0.474. The van der Waals surface area contributed by atoms with Crippen molar-refractivity contribution in [2.24, 2.45) is 0 Å². The van der Waals surface area contributed by atoms with Gasteiger partial charge in [-0.2, -0.15) is 0 Å². The maximum atomic E-state index is 5.82. The van der Waals surface area contributed by atoms with E-state index >= 15 is 0 Å². The van der Waals surface area contributed by atoms with Gasteiger partial charge in [0.1, 0.15) is 16.2 Å². The second-order valence-corrected chi connectivity index (χ2v) is 7.03. The van der Waals surface area contributed by atoms with Gasteiger partial charge in [-0.3, -0.25) is 4.98 Å². The summed E-state index contributed by atoms with van der Waals surface area (Å²) < 4.78 is 12.3. The van der Waals surface area contributed by atoms with Crippen molar-refractivity contribution in [2.75, 3.05) is 11.5 Å². The average Bonchev–Trinajstić information content (AvgIpc) is 2.81. The molecular formula is C14H20B3BrN6O2-. The summed E-state index contributed by atoms with van der Waals surface area (Å²) in [6.07, 6.45) is 6.12. The molecule has 0 spiro atoms. The summed E-state index contributed by atoms with van der Waals surface area (Å²) in [5.41, 5.74) is 10.6. The zero-order chi connectivity index (χ0) is 20.0. The molecule has 1 saturated heterocycles. The lowest BCUT2D eigenvalue weighted by Gasteiger charge is -2.32. The summed E-state index contributed by atoms with van der Waals surface area (Å²) in [5, 5.41) is 0. The number of anilines is 2. The summed E-state index contributed by atoms with van der Waals surface area (Å²) in [4.78, 5) is 15.7. The minimum Gasteiger partial charge on any atom is -0.693 e. The van der Waals surface area contributed by atoms with Crippen molar-refractivity contribution in [3.63, 3.8) is 0 Å². The Bertz CT molecular complexity index is 651. The van der Waals surface area contributed by atoms with Gasteiger partial charge in [0, 0.05) is 6.20 Å². The van der Waals surface area contributed by atoms with Crippen LogP contribution in [0.2, 0.25) is 0 Å². The lowest BCUT2D eigenvalue weighted by molar-refractivity contribution is 0.00578. The molecule has 135 valence electrons. The monoisotopic (exact) mass is 416 g/mol. The van der Waals surface area contributed by atoms with Gasteiger partial charge in [-0.15, -0.1) is 0 Å². The van der Waals surface area contributed by atoms with Crippen LogP contribution in [0, 0.1) is 0 Å². The molecule has 0 amide bonds. The summed E-state index contributed by atoms with van der Waals surface area (Å²) in [6.45, 7) is 7.99. The molecule has 4 N–H and O–H groups in total. The zero-order valence-electron chi connectivity index (χ0n) is 15.2. The van der Waals surface area contributed by atoms with Crippen LogP contribution in [0.25, 0.3) is 0 Å². The van der Waals surface area contributed by atoms with Crippen LogP contribution in [0.4, 0.5) is 11.6 Å². The third-order valence-electron chi connectivity index (χ3n) is 3.83. The number of hydrogen-bond acceptors (Lipinski definition) is 8. The molecule has 0 bridgehead atoms. The molecule has 3 rings (SSSR count). The van der Waals surface area contributed by atoms with Crippen LogP contribution in [0.5, 0.6) is 0 Å². The highest BCUT2D eigenvalue weighted by atomic mass is 79.9. The Kier molecular flexibility index (Phi) is 8.04. The van der Waals surface area contributed by atoms with E-state index < -0.39 is 7.12 Å². The molecule has 26 heavy (non-hydrogen) atoms. The van der Waals surface area contributed by atoms with Crippen molar-refractivity contribution in [2.45, 2.75) is 38.9 Å². The fraction of sp³-hybridized carbons (Fsp3) is 0.429. The van der Waals surface area contributed by atoms with Gasteiger partial charge < -0.3 is 36.3 Å². The highest BCUT2D eigenvalue weighted by molar-refractivity contribution is 9.10. The van der Waals surface area contributed by atoms with Gasteiger partial charge in [-0.25, -0.2) is 15.0 Å². The van der Waals surface area contributed by atoms with Crippen LogP contribution in [-0.4, -0.2) is 53.7 Å². The predicted octanol–water partition coefficient (Wildman–Crippen LogP) is 0.418. The Morgan fingerprint density at radius 1 is 0.885 bits per heavy atom. The Hall–Kier alpha value is -1.65. The number of rotatable bonds is 1. The van der Waals surface area contributed by atoms with E-state index in [4.69, 9.17) is 20.8 Å². The Morgan fingerprint density at radius 2 is 1.35 bits per heavy atom. The quantitative estimate of drug-likeness (QED) is 0.641. The number of hydrogen-bond donors (Lipinski definition) is 2. The molecule has 1 fully saturated rings.